The number of guanidine groups is 1. The molecule has 0 aliphatic carbocycles. The molecule has 0 saturated carbocycles. The lowest BCUT2D eigenvalue weighted by molar-refractivity contribution is -0.135. The molecule has 0 aromatic heterocycles. The molecule has 2 N–H and O–H groups in total. The van der Waals surface area contributed by atoms with Crippen LogP contribution in [0.25, 0.3) is 11.1 Å². The van der Waals surface area contributed by atoms with Crippen molar-refractivity contribution in [1.82, 2.24) is 10.2 Å². The average Bonchev–Trinajstić information content (AvgIpc) is 2.70. The van der Waals surface area contributed by atoms with Crippen molar-refractivity contribution in [3.63, 3.8) is 0 Å². The van der Waals surface area contributed by atoms with E-state index in [4.69, 9.17) is 10.1 Å². The molecule has 2 atom stereocenters. The SMILES string of the molecule is CCC[C@@H]1C(=O)N(C)C(=N)N[C@]1(C)c1cccc(-c2cccc(OC)c2)c1. The van der Waals surface area contributed by atoms with E-state index < -0.39 is 5.54 Å². The maximum atomic E-state index is 12.9. The molecule has 1 heterocycles. The van der Waals surface area contributed by atoms with Gasteiger partial charge in [0.2, 0.25) is 5.91 Å². The number of carbonyl (C=O) groups is 1. The Balaban J connectivity index is 2.05. The number of hydrogen-bond acceptors (Lipinski definition) is 3. The number of methoxy groups -OCH3 is 1. The highest BCUT2D eigenvalue weighted by Gasteiger charge is 2.46. The van der Waals surface area contributed by atoms with Crippen molar-refractivity contribution >= 4 is 11.9 Å². The predicted octanol–water partition coefficient (Wildman–Crippen LogP) is 3.99. The largest absolute Gasteiger partial charge is 0.497 e. The molecular formula is C22H27N3O2. The van der Waals surface area contributed by atoms with E-state index >= 15 is 0 Å². The number of benzene rings is 2. The minimum atomic E-state index is -0.619. The van der Waals surface area contributed by atoms with Gasteiger partial charge in [-0.05, 0) is 48.2 Å². The number of ether oxygens (including phenoxy) is 1. The Bertz CT molecular complexity index is 864. The average molecular weight is 365 g/mol. The Kier molecular flexibility index (Phi) is 5.22. The van der Waals surface area contributed by atoms with Gasteiger partial charge in [0.1, 0.15) is 5.75 Å². The number of carbonyl (C=O) groups excluding carboxylic acids is 1. The zero-order chi connectivity index (χ0) is 19.6. The van der Waals surface area contributed by atoms with Gasteiger partial charge in [-0.2, -0.15) is 0 Å². The molecule has 0 bridgehead atoms. The third-order valence-electron chi connectivity index (χ3n) is 5.48. The Hall–Kier alpha value is -2.82. The van der Waals surface area contributed by atoms with Gasteiger partial charge in [-0.25, -0.2) is 0 Å². The molecule has 0 unspecified atom stereocenters. The first-order chi connectivity index (χ1) is 12.9. The summed E-state index contributed by atoms with van der Waals surface area (Å²) in [6.45, 7) is 4.11. The number of nitrogens with one attached hydrogen (secondary N) is 2. The van der Waals surface area contributed by atoms with Crippen LogP contribution in [0.3, 0.4) is 0 Å². The smallest absolute Gasteiger partial charge is 0.234 e. The summed E-state index contributed by atoms with van der Waals surface area (Å²) in [6.07, 6.45) is 1.67. The topological polar surface area (TPSA) is 65.4 Å². The van der Waals surface area contributed by atoms with Crippen LogP contribution in [0, 0.1) is 11.3 Å². The number of hydrogen-bond donors (Lipinski definition) is 2. The molecular weight excluding hydrogens is 338 g/mol. The van der Waals surface area contributed by atoms with E-state index in [1.165, 1.54) is 4.90 Å². The molecule has 0 radical (unpaired) electrons. The number of rotatable bonds is 5. The van der Waals surface area contributed by atoms with E-state index in [-0.39, 0.29) is 17.8 Å². The van der Waals surface area contributed by atoms with E-state index in [2.05, 4.69) is 24.4 Å². The monoisotopic (exact) mass is 365 g/mol. The predicted molar refractivity (Wildman–Crippen MR) is 108 cm³/mol. The number of amides is 1. The van der Waals surface area contributed by atoms with E-state index in [0.29, 0.717) is 0 Å². The van der Waals surface area contributed by atoms with Crippen molar-refractivity contribution in [2.45, 2.75) is 32.2 Å². The second-order valence-corrected chi connectivity index (χ2v) is 7.23. The van der Waals surface area contributed by atoms with Crippen LogP contribution in [-0.4, -0.2) is 30.9 Å². The van der Waals surface area contributed by atoms with Crippen LogP contribution in [0.4, 0.5) is 0 Å². The molecule has 27 heavy (non-hydrogen) atoms. The molecule has 1 fully saturated rings. The van der Waals surface area contributed by atoms with Crippen molar-refractivity contribution in [3.05, 3.63) is 54.1 Å². The standard InChI is InChI=1S/C22H27N3O2/c1-5-8-19-20(26)25(3)21(23)24-22(19,2)17-11-6-9-15(13-17)16-10-7-12-18(14-16)27-4/h6-7,9-14,19H,5,8H2,1-4H3,(H2,23,24)/t19-,22-/m1/s1. The van der Waals surface area contributed by atoms with Gasteiger partial charge in [0.25, 0.3) is 0 Å². The Morgan fingerprint density at radius 1 is 1.19 bits per heavy atom. The molecule has 3 rings (SSSR count). The zero-order valence-electron chi connectivity index (χ0n) is 16.4. The van der Waals surface area contributed by atoms with Crippen molar-refractivity contribution in [3.8, 4) is 16.9 Å². The molecule has 1 aliphatic rings. The van der Waals surface area contributed by atoms with Crippen molar-refractivity contribution in [1.29, 1.82) is 5.41 Å². The van der Waals surface area contributed by atoms with Crippen LogP contribution in [-0.2, 0) is 10.3 Å². The van der Waals surface area contributed by atoms with Crippen LogP contribution in [0.5, 0.6) is 5.75 Å². The Morgan fingerprint density at radius 3 is 2.52 bits per heavy atom. The highest BCUT2D eigenvalue weighted by molar-refractivity contribution is 6.00. The fourth-order valence-electron chi connectivity index (χ4n) is 3.81. The molecule has 1 amide bonds. The van der Waals surface area contributed by atoms with Gasteiger partial charge in [-0.15, -0.1) is 0 Å². The van der Waals surface area contributed by atoms with Gasteiger partial charge in [-0.3, -0.25) is 15.1 Å². The summed E-state index contributed by atoms with van der Waals surface area (Å²) in [4.78, 5) is 14.3. The Morgan fingerprint density at radius 2 is 1.85 bits per heavy atom. The van der Waals surface area contributed by atoms with Gasteiger partial charge >= 0.3 is 0 Å². The summed E-state index contributed by atoms with van der Waals surface area (Å²) in [7, 11) is 3.32. The highest BCUT2D eigenvalue weighted by atomic mass is 16.5. The third-order valence-corrected chi connectivity index (χ3v) is 5.48. The molecule has 0 spiro atoms. The van der Waals surface area contributed by atoms with Crippen molar-refractivity contribution in [2.75, 3.05) is 14.2 Å². The first kappa shape index (κ1) is 19.0. The maximum absolute atomic E-state index is 12.9. The molecule has 1 aliphatic heterocycles. The fourth-order valence-corrected chi connectivity index (χ4v) is 3.81. The lowest BCUT2D eigenvalue weighted by Gasteiger charge is -2.46. The molecule has 1 saturated heterocycles. The minimum Gasteiger partial charge on any atom is -0.497 e. The molecule has 5 nitrogen and oxygen atoms in total. The van der Waals surface area contributed by atoms with Gasteiger partial charge in [-0.1, -0.05) is 43.7 Å². The summed E-state index contributed by atoms with van der Waals surface area (Å²) in [5, 5.41) is 11.5. The van der Waals surface area contributed by atoms with Crippen molar-refractivity contribution < 1.29 is 9.53 Å². The van der Waals surface area contributed by atoms with Gasteiger partial charge in [0, 0.05) is 7.05 Å². The highest BCUT2D eigenvalue weighted by Crippen LogP contribution is 2.38. The van der Waals surface area contributed by atoms with E-state index in [1.54, 1.807) is 14.2 Å². The maximum Gasteiger partial charge on any atom is 0.234 e. The van der Waals surface area contributed by atoms with Gasteiger partial charge in [0.15, 0.2) is 5.96 Å². The van der Waals surface area contributed by atoms with Crippen LogP contribution in [0.1, 0.15) is 32.3 Å². The van der Waals surface area contributed by atoms with Gasteiger partial charge in [0.05, 0.1) is 18.6 Å². The van der Waals surface area contributed by atoms with E-state index in [0.717, 1.165) is 35.3 Å². The van der Waals surface area contributed by atoms with E-state index in [1.807, 2.05) is 43.3 Å². The van der Waals surface area contributed by atoms with Gasteiger partial charge < -0.3 is 10.1 Å². The first-order valence-electron chi connectivity index (χ1n) is 9.30. The van der Waals surface area contributed by atoms with Crippen LogP contribution >= 0.6 is 0 Å². The summed E-state index contributed by atoms with van der Waals surface area (Å²) < 4.78 is 5.34. The lowest BCUT2D eigenvalue weighted by Crippen LogP contribution is -2.63. The van der Waals surface area contributed by atoms with Crippen LogP contribution < -0.4 is 10.1 Å². The summed E-state index contributed by atoms with van der Waals surface area (Å²) in [5.41, 5.74) is 2.50. The summed E-state index contributed by atoms with van der Waals surface area (Å²) in [5.74, 6) is 0.723. The second kappa shape index (κ2) is 7.43. The molecule has 2 aromatic rings. The molecule has 5 heteroatoms. The van der Waals surface area contributed by atoms with Crippen LogP contribution in [0.2, 0.25) is 0 Å². The first-order valence-corrected chi connectivity index (χ1v) is 9.30. The quantitative estimate of drug-likeness (QED) is 0.842. The third kappa shape index (κ3) is 3.42. The zero-order valence-corrected chi connectivity index (χ0v) is 16.4. The minimum absolute atomic E-state index is 0.00474. The lowest BCUT2D eigenvalue weighted by atomic mass is 9.74. The summed E-state index contributed by atoms with van der Waals surface area (Å²) in [6, 6.07) is 16.1. The normalized spacial score (nSPS) is 22.5. The molecule has 2 aromatic carbocycles. The second-order valence-electron chi connectivity index (χ2n) is 7.23. The Labute approximate surface area is 160 Å². The fraction of sp³-hybridized carbons (Fsp3) is 0.364. The van der Waals surface area contributed by atoms with E-state index in [9.17, 15) is 4.79 Å². The molecule has 142 valence electrons. The number of nitrogens with zero attached hydrogens (tertiary/aromatic N) is 1. The van der Waals surface area contributed by atoms with Crippen molar-refractivity contribution in [2.24, 2.45) is 5.92 Å². The summed E-state index contributed by atoms with van der Waals surface area (Å²) >= 11 is 0. The van der Waals surface area contributed by atoms with Crippen LogP contribution in [0.15, 0.2) is 48.5 Å².